The summed E-state index contributed by atoms with van der Waals surface area (Å²) in [5, 5.41) is 2.54. The van der Waals surface area contributed by atoms with Crippen molar-refractivity contribution in [3.05, 3.63) is 132 Å². The van der Waals surface area contributed by atoms with Crippen LogP contribution in [0.5, 0.6) is 11.5 Å². The van der Waals surface area contributed by atoms with Crippen LogP contribution in [-0.4, -0.2) is 57.8 Å². The minimum Gasteiger partial charge on any atom is -1.00 e. The number of alkyl halides is 5. The molecule has 1 amide bonds. The number of carbonyl (C=O) groups excluding carboxylic acids is 2. The van der Waals surface area contributed by atoms with E-state index in [0.29, 0.717) is 40.2 Å². The summed E-state index contributed by atoms with van der Waals surface area (Å²) in [6, 6.07) is 33.4. The van der Waals surface area contributed by atoms with Crippen LogP contribution in [-0.2, 0) is 14.3 Å². The Bertz CT molecular complexity index is 2410. The molecule has 4 aromatic rings. The first kappa shape index (κ1) is 67.7. The molecule has 8 bridgehead atoms. The van der Waals surface area contributed by atoms with Gasteiger partial charge in [-0.3, -0.25) is 9.59 Å². The van der Waals surface area contributed by atoms with Gasteiger partial charge in [0.2, 0.25) is 5.91 Å². The number of esters is 1. The van der Waals surface area contributed by atoms with Gasteiger partial charge in [-0.25, -0.2) is 8.78 Å². The second-order valence-corrected chi connectivity index (χ2v) is 26.7. The van der Waals surface area contributed by atoms with E-state index in [9.17, 15) is 18.4 Å². The molecule has 2 atom stereocenters. The molecule has 2 heterocycles. The maximum absolute atomic E-state index is 13.8. The van der Waals surface area contributed by atoms with Crippen LogP contribution in [0.1, 0.15) is 154 Å². The number of piperidine rings is 2. The Morgan fingerprint density at radius 2 is 1.00 bits per heavy atom. The van der Waals surface area contributed by atoms with Crippen molar-refractivity contribution in [3.8, 4) is 11.5 Å². The zero-order chi connectivity index (χ0) is 54.6. The largest absolute Gasteiger partial charge is 1.00 e. The van der Waals surface area contributed by atoms with Crippen LogP contribution < -0.4 is 32.9 Å². The Morgan fingerprint density at radius 1 is 0.625 bits per heavy atom. The third-order valence-electron chi connectivity index (χ3n) is 17.6. The molecule has 2 aliphatic heterocycles. The smallest absolute Gasteiger partial charge is 0.340 e. The van der Waals surface area contributed by atoms with Gasteiger partial charge in [-0.2, -0.15) is 0 Å². The van der Waals surface area contributed by atoms with Crippen molar-refractivity contribution in [1.82, 2.24) is 4.90 Å². The van der Waals surface area contributed by atoms with Gasteiger partial charge in [-0.05, 0) is 201 Å². The number of carbonyl (C=O) groups is 2. The zero-order valence-electron chi connectivity index (χ0n) is 44.9. The summed E-state index contributed by atoms with van der Waals surface area (Å²) in [5.41, 5.74) is 9.21. The number of nitrogens with two attached hydrogens (primary N) is 2. The number of likely N-dealkylation sites (tertiary alicyclic amines) is 1. The third kappa shape index (κ3) is 20.1. The number of benzene rings is 4. The number of hydrogen-bond acceptors (Lipinski definition) is 6. The minimum absolute atomic E-state index is 0. The van der Waals surface area contributed by atoms with Gasteiger partial charge in [-0.15, -0.1) is 23.2 Å². The van der Waals surface area contributed by atoms with Gasteiger partial charge in [0.1, 0.15) is 35.3 Å². The van der Waals surface area contributed by atoms with Gasteiger partial charge in [0.25, 0.3) is 0 Å². The summed E-state index contributed by atoms with van der Waals surface area (Å²) >= 11 is 24.6. The van der Waals surface area contributed by atoms with E-state index in [4.69, 9.17) is 73.2 Å². The molecule has 2 saturated heterocycles. The monoisotopic (exact) mass is 1230 g/mol. The van der Waals surface area contributed by atoms with Crippen molar-refractivity contribution < 1.29 is 50.3 Å². The van der Waals surface area contributed by atoms with Gasteiger partial charge in [0, 0.05) is 68.8 Å². The van der Waals surface area contributed by atoms with E-state index in [2.05, 4.69) is 39.2 Å². The molecule has 444 valence electrons. The fourth-order valence-electron chi connectivity index (χ4n) is 15.5. The van der Waals surface area contributed by atoms with E-state index in [-0.39, 0.29) is 56.4 Å². The van der Waals surface area contributed by atoms with Crippen molar-refractivity contribution in [3.63, 3.8) is 0 Å². The van der Waals surface area contributed by atoms with Gasteiger partial charge < -0.3 is 42.6 Å². The molecule has 4 N–H and O–H groups in total. The molecule has 2 unspecified atom stereocenters. The number of ether oxygens (including phenoxy) is 3. The standard InChI is InChI=1S/C30H36FNO2.C18H20FNO.C10H17N.C3H3Cl3O2.CH2Cl2.2CH4.ClH/c31-26-7-4-8-27(16-26)34-29(24-5-2-1-3-6-24)25-9-11-32(12-10-25)28(33)20-30-17-21-13-22(18-30)15-23(14-21)19-30;19-16-7-4-8-17(13-16)21-18(14-5-2-1-3-6-14)15-9-11-20-12-10-15;11-10-4-7-1-8(5-10)3-9(2-7)6-10;1-2(7)8-3(4,5)6;2-1-3;;;/h1-8,16,21-23,25,29H,9-15,17-20H2;1-8,13,15,18,20H,9-12H2;7-9H,1-6,11H2;1H3;1H2;2*1H4;1H. The van der Waals surface area contributed by atoms with Gasteiger partial charge in [0.05, 0.1) is 18.4 Å². The van der Waals surface area contributed by atoms with E-state index in [0.717, 1.165) is 106 Å². The van der Waals surface area contributed by atoms with Crippen LogP contribution >= 0.6 is 58.0 Å². The molecule has 8 saturated carbocycles. The fourth-order valence-corrected chi connectivity index (χ4v) is 15.8. The van der Waals surface area contributed by atoms with Crippen molar-refractivity contribution in [1.29, 1.82) is 0 Å². The molecule has 80 heavy (non-hydrogen) atoms. The summed E-state index contributed by atoms with van der Waals surface area (Å²) < 4.78 is 41.9. The SMILES string of the molecule is C.C.CC(=O)OC(Cl)(Cl)Cl.ClCCl.Fc1cccc(OC(c2ccccc2)C2CC[NH2+]CC2)c1.NC12CC3CC(CC(C3)C1)C2.O=C(CC12CC3CC(CC(C3)C1)C2)N1CCC(C(Oc2cccc(F)c2)c2ccccc2)CC1.[Cl-]. The molecule has 14 rings (SSSR count). The molecule has 4 aromatic carbocycles. The summed E-state index contributed by atoms with van der Waals surface area (Å²) in [6.45, 7) is 5.03. The summed E-state index contributed by atoms with van der Waals surface area (Å²) in [5.74, 6) is 6.90. The first-order valence-electron chi connectivity index (χ1n) is 28.2. The minimum atomic E-state index is -1.91. The zero-order valence-corrected chi connectivity index (χ0v) is 49.4. The number of rotatable bonds is 10. The topological polar surface area (TPSA) is 108 Å². The molecule has 10 fully saturated rings. The lowest BCUT2D eigenvalue weighted by Crippen LogP contribution is -3.00. The van der Waals surface area contributed by atoms with E-state index < -0.39 is 9.95 Å². The van der Waals surface area contributed by atoms with Crippen molar-refractivity contribution in [2.75, 3.05) is 31.5 Å². The normalized spacial score (nSPS) is 27.5. The molecular formula is C64H87Cl6F2N3O5. The number of nitrogens with zero attached hydrogens (tertiary/aromatic N) is 1. The number of amides is 1. The van der Waals surface area contributed by atoms with Crippen molar-refractivity contribution >= 4 is 69.9 Å². The molecule has 0 radical (unpaired) electrons. The van der Waals surface area contributed by atoms with Crippen LogP contribution in [0.2, 0.25) is 0 Å². The van der Waals surface area contributed by atoms with E-state index in [1.165, 1.54) is 107 Å². The quantitative estimate of drug-likeness (QED) is 0.121. The highest BCUT2D eigenvalue weighted by molar-refractivity contribution is 6.66. The Hall–Kier alpha value is -3.06. The highest BCUT2D eigenvalue weighted by Crippen LogP contribution is 2.61. The predicted octanol–water partition coefficient (Wildman–Crippen LogP) is 13.2. The number of halogens is 8. The first-order chi connectivity index (χ1) is 36.9. The van der Waals surface area contributed by atoms with Crippen LogP contribution in [0.3, 0.4) is 0 Å². The van der Waals surface area contributed by atoms with E-state index in [1.54, 1.807) is 12.1 Å². The third-order valence-corrected chi connectivity index (χ3v) is 17.9. The molecule has 10 aliphatic rings. The Balaban J connectivity index is 0.000000217. The van der Waals surface area contributed by atoms with Crippen LogP contribution in [0, 0.1) is 64.4 Å². The lowest BCUT2D eigenvalue weighted by atomic mass is 9.49. The van der Waals surface area contributed by atoms with E-state index in [1.807, 2.05) is 48.5 Å². The average molecular weight is 1230 g/mol. The van der Waals surface area contributed by atoms with Crippen LogP contribution in [0.25, 0.3) is 0 Å². The lowest BCUT2D eigenvalue weighted by Gasteiger charge is -2.57. The molecule has 16 heteroatoms. The number of hydrogen-bond donors (Lipinski definition) is 2. The van der Waals surface area contributed by atoms with Crippen LogP contribution in [0.4, 0.5) is 8.78 Å². The number of quaternary nitrogens is 1. The van der Waals surface area contributed by atoms with Gasteiger partial charge in [-0.1, -0.05) is 87.6 Å². The Kier molecular flexibility index (Phi) is 26.9. The maximum atomic E-state index is 13.8. The van der Waals surface area contributed by atoms with Gasteiger partial charge >= 0.3 is 9.95 Å². The summed E-state index contributed by atoms with van der Waals surface area (Å²) in [4.78, 5) is 25.5. The molecular weight excluding hydrogens is 1140 g/mol. The van der Waals surface area contributed by atoms with Crippen molar-refractivity contribution in [2.45, 2.75) is 153 Å². The second-order valence-electron chi connectivity index (χ2n) is 23.7. The summed E-state index contributed by atoms with van der Waals surface area (Å²) in [7, 11) is 0. The van der Waals surface area contributed by atoms with Crippen molar-refractivity contribution in [2.24, 2.45) is 58.5 Å². The lowest BCUT2D eigenvalue weighted by molar-refractivity contribution is -0.665. The molecule has 8 nitrogen and oxygen atoms in total. The predicted molar refractivity (Wildman–Crippen MR) is 319 cm³/mol. The molecule has 8 aliphatic carbocycles. The van der Waals surface area contributed by atoms with E-state index >= 15 is 0 Å². The second kappa shape index (κ2) is 31.7. The maximum Gasteiger partial charge on any atom is 0.340 e. The summed E-state index contributed by atoms with van der Waals surface area (Å²) in [6.07, 6.45) is 21.4. The Morgan fingerprint density at radius 3 is 1.34 bits per heavy atom. The van der Waals surface area contributed by atoms with Gasteiger partial charge in [0.15, 0.2) is 0 Å². The Labute approximate surface area is 508 Å². The highest BCUT2D eigenvalue weighted by Gasteiger charge is 2.52. The average Bonchev–Trinajstić information content (AvgIpc) is 3.37. The fraction of sp³-hybridized carbons (Fsp3) is 0.594. The highest BCUT2D eigenvalue weighted by atomic mass is 35.6. The molecule has 0 spiro atoms. The molecule has 0 aromatic heterocycles. The first-order valence-corrected chi connectivity index (χ1v) is 30.4. The van der Waals surface area contributed by atoms with Crippen LogP contribution in [0.15, 0.2) is 109 Å².